The van der Waals surface area contributed by atoms with Gasteiger partial charge in [0.1, 0.15) is 0 Å². The highest BCUT2D eigenvalue weighted by Gasteiger charge is 2.11. The lowest BCUT2D eigenvalue weighted by molar-refractivity contribution is -0.136. The van der Waals surface area contributed by atoms with Crippen LogP contribution in [0.4, 0.5) is 5.69 Å². The van der Waals surface area contributed by atoms with E-state index in [9.17, 15) is 4.79 Å². The predicted molar refractivity (Wildman–Crippen MR) is 83.5 cm³/mol. The number of hydrogen-bond donors (Lipinski definition) is 1. The van der Waals surface area contributed by atoms with E-state index in [1.54, 1.807) is 0 Å². The first-order chi connectivity index (χ1) is 10.1. The largest absolute Gasteiger partial charge is 0.481 e. The minimum absolute atomic E-state index is 0.119. The number of carboxylic acids is 1. The normalized spacial score (nSPS) is 10.4. The van der Waals surface area contributed by atoms with E-state index in [1.807, 2.05) is 50.5 Å². The van der Waals surface area contributed by atoms with Crippen LogP contribution in [0.1, 0.15) is 23.1 Å². The molecular weight excluding hydrogens is 264 g/mol. The molecule has 0 aliphatic rings. The summed E-state index contributed by atoms with van der Waals surface area (Å²) in [7, 11) is 0. The maximum Gasteiger partial charge on any atom is 0.305 e. The molecule has 0 aliphatic carbocycles. The number of aryl methyl sites for hydroxylation is 2. The highest BCUT2D eigenvalue weighted by Crippen LogP contribution is 2.22. The van der Waals surface area contributed by atoms with Crippen LogP contribution in [-0.2, 0) is 11.3 Å². The predicted octanol–water partition coefficient (Wildman–Crippen LogP) is 3.18. The number of aliphatic carboxylic acids is 1. The lowest BCUT2D eigenvalue weighted by Gasteiger charge is -2.26. The number of benzene rings is 1. The number of rotatable bonds is 6. The number of pyridine rings is 1. The average molecular weight is 284 g/mol. The second-order valence-electron chi connectivity index (χ2n) is 5.22. The monoisotopic (exact) mass is 284 g/mol. The van der Waals surface area contributed by atoms with Gasteiger partial charge in [-0.2, -0.15) is 0 Å². The SMILES string of the molecule is Cc1cncc(CN(CCC(=O)O)c2ccccc2C)c1. The zero-order valence-corrected chi connectivity index (χ0v) is 12.4. The van der Waals surface area contributed by atoms with Gasteiger partial charge in [-0.15, -0.1) is 0 Å². The molecule has 1 aromatic carbocycles. The van der Waals surface area contributed by atoms with Crippen molar-refractivity contribution < 1.29 is 9.90 Å². The Bertz CT molecular complexity index is 626. The van der Waals surface area contributed by atoms with Crippen LogP contribution in [0.2, 0.25) is 0 Å². The van der Waals surface area contributed by atoms with E-state index in [4.69, 9.17) is 5.11 Å². The molecule has 0 bridgehead atoms. The van der Waals surface area contributed by atoms with Crippen molar-refractivity contribution in [3.05, 3.63) is 59.4 Å². The van der Waals surface area contributed by atoms with E-state index in [1.165, 1.54) is 0 Å². The zero-order chi connectivity index (χ0) is 15.2. The summed E-state index contributed by atoms with van der Waals surface area (Å²) in [6.07, 6.45) is 3.77. The maximum atomic E-state index is 10.9. The van der Waals surface area contributed by atoms with E-state index < -0.39 is 5.97 Å². The van der Waals surface area contributed by atoms with E-state index in [0.29, 0.717) is 13.1 Å². The molecule has 110 valence electrons. The van der Waals surface area contributed by atoms with E-state index in [-0.39, 0.29) is 6.42 Å². The molecular formula is C17H20N2O2. The summed E-state index contributed by atoms with van der Waals surface area (Å²) in [6, 6.07) is 10.1. The standard InChI is InChI=1S/C17H20N2O2/c1-13-9-15(11-18-10-13)12-19(8-7-17(20)21)16-6-4-3-5-14(16)2/h3-6,9-11H,7-8,12H2,1-2H3,(H,20,21). The van der Waals surface area contributed by atoms with Gasteiger partial charge >= 0.3 is 5.97 Å². The molecule has 0 saturated heterocycles. The fraction of sp³-hybridized carbons (Fsp3) is 0.294. The van der Waals surface area contributed by atoms with Crippen molar-refractivity contribution in [2.45, 2.75) is 26.8 Å². The molecule has 0 fully saturated rings. The lowest BCUT2D eigenvalue weighted by Crippen LogP contribution is -2.26. The summed E-state index contributed by atoms with van der Waals surface area (Å²) in [4.78, 5) is 17.2. The molecule has 0 atom stereocenters. The van der Waals surface area contributed by atoms with Gasteiger partial charge in [-0.25, -0.2) is 0 Å². The van der Waals surface area contributed by atoms with Crippen LogP contribution in [0, 0.1) is 13.8 Å². The number of hydrogen-bond acceptors (Lipinski definition) is 3. The van der Waals surface area contributed by atoms with Crippen LogP contribution in [0.25, 0.3) is 0 Å². The number of para-hydroxylation sites is 1. The highest BCUT2D eigenvalue weighted by atomic mass is 16.4. The van der Waals surface area contributed by atoms with Gasteiger partial charge in [0.25, 0.3) is 0 Å². The first-order valence-corrected chi connectivity index (χ1v) is 6.99. The number of nitrogens with zero attached hydrogens (tertiary/aromatic N) is 2. The van der Waals surface area contributed by atoms with Crippen molar-refractivity contribution in [3.8, 4) is 0 Å². The Kier molecular flexibility index (Phi) is 4.93. The third kappa shape index (κ3) is 4.31. The van der Waals surface area contributed by atoms with Crippen LogP contribution < -0.4 is 4.90 Å². The van der Waals surface area contributed by atoms with Gasteiger partial charge in [-0.05, 0) is 36.6 Å². The Hall–Kier alpha value is -2.36. The fourth-order valence-electron chi connectivity index (χ4n) is 2.36. The molecule has 4 heteroatoms. The smallest absolute Gasteiger partial charge is 0.305 e. The Morgan fingerprint density at radius 3 is 2.67 bits per heavy atom. The van der Waals surface area contributed by atoms with Crippen LogP contribution in [0.5, 0.6) is 0 Å². The maximum absolute atomic E-state index is 10.9. The van der Waals surface area contributed by atoms with Crippen LogP contribution in [-0.4, -0.2) is 22.6 Å². The molecule has 0 aliphatic heterocycles. The average Bonchev–Trinajstić information content (AvgIpc) is 2.44. The van der Waals surface area contributed by atoms with Gasteiger partial charge < -0.3 is 10.0 Å². The molecule has 1 aromatic heterocycles. The summed E-state index contributed by atoms with van der Waals surface area (Å²) in [5, 5.41) is 8.95. The molecule has 21 heavy (non-hydrogen) atoms. The second kappa shape index (κ2) is 6.88. The number of carboxylic acid groups (broad SMARTS) is 1. The fourth-order valence-corrected chi connectivity index (χ4v) is 2.36. The Balaban J connectivity index is 2.23. The topological polar surface area (TPSA) is 53.4 Å². The van der Waals surface area contributed by atoms with Gasteiger partial charge in [0.05, 0.1) is 6.42 Å². The van der Waals surface area contributed by atoms with Crippen molar-refractivity contribution in [2.24, 2.45) is 0 Å². The van der Waals surface area contributed by atoms with Crippen molar-refractivity contribution in [2.75, 3.05) is 11.4 Å². The summed E-state index contributed by atoms with van der Waals surface area (Å²) in [6.45, 7) is 5.18. The Morgan fingerprint density at radius 1 is 1.24 bits per heavy atom. The number of aromatic nitrogens is 1. The van der Waals surface area contributed by atoms with Crippen molar-refractivity contribution in [1.29, 1.82) is 0 Å². The van der Waals surface area contributed by atoms with Gasteiger partial charge in [0.2, 0.25) is 0 Å². The molecule has 0 saturated carbocycles. The number of carbonyl (C=O) groups is 1. The van der Waals surface area contributed by atoms with Crippen LogP contribution in [0.3, 0.4) is 0 Å². The highest BCUT2D eigenvalue weighted by molar-refractivity contribution is 5.68. The number of anilines is 1. The summed E-state index contributed by atoms with van der Waals surface area (Å²) in [5.74, 6) is -0.782. The van der Waals surface area contributed by atoms with E-state index in [2.05, 4.69) is 16.0 Å². The third-order valence-electron chi connectivity index (χ3n) is 3.36. The van der Waals surface area contributed by atoms with E-state index in [0.717, 1.165) is 22.4 Å². The second-order valence-corrected chi connectivity index (χ2v) is 5.22. The van der Waals surface area contributed by atoms with Gasteiger partial charge in [-0.3, -0.25) is 9.78 Å². The first kappa shape index (κ1) is 15.0. The summed E-state index contributed by atoms with van der Waals surface area (Å²) < 4.78 is 0. The first-order valence-electron chi connectivity index (χ1n) is 6.99. The van der Waals surface area contributed by atoms with Crippen LogP contribution in [0.15, 0.2) is 42.7 Å². The molecule has 0 spiro atoms. The molecule has 4 nitrogen and oxygen atoms in total. The van der Waals surface area contributed by atoms with Crippen molar-refractivity contribution in [1.82, 2.24) is 4.98 Å². The van der Waals surface area contributed by atoms with Gasteiger partial charge in [-0.1, -0.05) is 24.3 Å². The van der Waals surface area contributed by atoms with Crippen molar-refractivity contribution in [3.63, 3.8) is 0 Å². The Morgan fingerprint density at radius 2 is 2.00 bits per heavy atom. The lowest BCUT2D eigenvalue weighted by atomic mass is 10.1. The third-order valence-corrected chi connectivity index (χ3v) is 3.36. The molecule has 2 aromatic rings. The molecule has 0 radical (unpaired) electrons. The molecule has 2 rings (SSSR count). The minimum Gasteiger partial charge on any atom is -0.481 e. The zero-order valence-electron chi connectivity index (χ0n) is 12.4. The summed E-state index contributed by atoms with van der Waals surface area (Å²) in [5.41, 5.74) is 4.41. The quantitative estimate of drug-likeness (QED) is 0.885. The molecule has 0 amide bonds. The van der Waals surface area contributed by atoms with Crippen molar-refractivity contribution >= 4 is 11.7 Å². The molecule has 1 heterocycles. The van der Waals surface area contributed by atoms with E-state index >= 15 is 0 Å². The van der Waals surface area contributed by atoms with Gasteiger partial charge in [0, 0.05) is 31.2 Å². The molecule has 0 unspecified atom stereocenters. The summed E-state index contributed by atoms with van der Waals surface area (Å²) >= 11 is 0. The van der Waals surface area contributed by atoms with Gasteiger partial charge in [0.15, 0.2) is 0 Å². The minimum atomic E-state index is -0.782. The Labute approximate surface area is 125 Å². The van der Waals surface area contributed by atoms with Crippen LogP contribution >= 0.6 is 0 Å². The molecule has 1 N–H and O–H groups in total.